The van der Waals surface area contributed by atoms with Crippen molar-refractivity contribution in [3.8, 4) is 58.5 Å². The molecule has 0 aliphatic rings. The Labute approximate surface area is 257 Å². The maximum atomic E-state index is 4.35. The van der Waals surface area contributed by atoms with E-state index < -0.39 is 0 Å². The fraction of sp³-hybridized carbons (Fsp3) is 0. The fourth-order valence-electron chi connectivity index (χ4n) is 4.14. The summed E-state index contributed by atoms with van der Waals surface area (Å²) in [5.41, 5.74) is 7.89. The number of pyridine rings is 4. The molecule has 0 N–H and O–H groups in total. The van der Waals surface area contributed by atoms with E-state index in [2.05, 4.69) is 67.3 Å². The zero-order valence-corrected chi connectivity index (χ0v) is 23.5. The van der Waals surface area contributed by atoms with Crippen molar-refractivity contribution < 1.29 is 0 Å². The molecular formula is C40H22N4. The van der Waals surface area contributed by atoms with Crippen LogP contribution >= 0.6 is 0 Å². The maximum Gasteiger partial charge on any atom is 0.113 e. The Morgan fingerprint density at radius 1 is 0.295 bits per heavy atom. The highest BCUT2D eigenvalue weighted by Crippen LogP contribution is 2.25. The molecule has 0 fully saturated rings. The van der Waals surface area contributed by atoms with Crippen LogP contribution in [0.4, 0.5) is 0 Å². The minimum Gasteiger partial charge on any atom is -0.248 e. The van der Waals surface area contributed by atoms with Gasteiger partial charge in [0.15, 0.2) is 0 Å². The van der Waals surface area contributed by atoms with E-state index in [1.165, 1.54) is 0 Å². The average Bonchev–Trinajstić information content (AvgIpc) is 3.10. The first-order chi connectivity index (χ1) is 21.8. The van der Waals surface area contributed by atoms with E-state index in [1.54, 1.807) is 24.8 Å². The Balaban J connectivity index is 1.43. The molecule has 0 amide bonds. The van der Waals surface area contributed by atoms with Crippen molar-refractivity contribution in [1.82, 2.24) is 19.9 Å². The van der Waals surface area contributed by atoms with Crippen LogP contribution in [0.2, 0.25) is 0 Å². The molecule has 0 aliphatic carbocycles. The van der Waals surface area contributed by atoms with E-state index in [1.807, 2.05) is 109 Å². The third-order valence-electron chi connectivity index (χ3n) is 6.33. The Morgan fingerprint density at radius 2 is 0.614 bits per heavy atom. The van der Waals surface area contributed by atoms with Gasteiger partial charge in [0.25, 0.3) is 0 Å². The smallest absolute Gasteiger partial charge is 0.113 e. The van der Waals surface area contributed by atoms with Crippen LogP contribution in [0.15, 0.2) is 134 Å². The molecular weight excluding hydrogens is 536 g/mol. The number of rotatable bonds is 1. The second-order valence-corrected chi connectivity index (χ2v) is 9.38. The molecule has 0 bridgehead atoms. The summed E-state index contributed by atoms with van der Waals surface area (Å²) in [6.45, 7) is 0. The largest absolute Gasteiger partial charge is 0.248 e. The van der Waals surface area contributed by atoms with E-state index in [0.29, 0.717) is 22.8 Å². The highest BCUT2D eigenvalue weighted by molar-refractivity contribution is 5.72. The lowest BCUT2D eigenvalue weighted by molar-refractivity contribution is 1.29. The lowest BCUT2D eigenvalue weighted by Gasteiger charge is -2.07. The molecule has 0 spiro atoms. The maximum absolute atomic E-state index is 4.35. The Bertz CT molecular complexity index is 2000. The molecule has 4 heterocycles. The number of nitrogens with zero attached hydrogens (tertiary/aromatic N) is 4. The first-order valence-electron chi connectivity index (χ1n) is 13.8. The van der Waals surface area contributed by atoms with Gasteiger partial charge in [-0.25, -0.2) is 19.9 Å². The minimum absolute atomic E-state index is 0.685. The number of aromatic nitrogens is 4. The highest BCUT2D eigenvalue weighted by Gasteiger charge is 2.07. The van der Waals surface area contributed by atoms with Gasteiger partial charge in [0.1, 0.15) is 22.8 Å². The van der Waals surface area contributed by atoms with Crippen LogP contribution in [-0.2, 0) is 0 Å². The summed E-state index contributed by atoms with van der Waals surface area (Å²) < 4.78 is 0. The summed E-state index contributed by atoms with van der Waals surface area (Å²) in [7, 11) is 0. The summed E-state index contributed by atoms with van der Waals surface area (Å²) in [5.74, 6) is 25.7. The molecule has 44 heavy (non-hydrogen) atoms. The molecule has 0 unspecified atom stereocenters. The van der Waals surface area contributed by atoms with Gasteiger partial charge in [-0.05, 0) is 108 Å². The number of benzene rings is 2. The van der Waals surface area contributed by atoms with Gasteiger partial charge in [-0.3, -0.25) is 0 Å². The summed E-state index contributed by atoms with van der Waals surface area (Å²) in [4.78, 5) is 17.3. The molecule has 4 aromatic heterocycles. The van der Waals surface area contributed by atoms with Crippen LogP contribution in [0.5, 0.6) is 0 Å². The van der Waals surface area contributed by atoms with Crippen molar-refractivity contribution in [2.75, 3.05) is 0 Å². The summed E-state index contributed by atoms with van der Waals surface area (Å²) in [6.07, 6.45) is 6.92. The molecule has 6 rings (SSSR count). The standard InChI is InChI=1S/C40H22N4/c1-5-25-41-37(9-1)21-17-31-13-15-35(29-33(31)19-23-39-11-3-7-27-43-39)36-16-14-32(18-22-38-10-2-6-26-42-38)34(30-36)20-24-40-12-4-8-28-44-40/h1-16,25-30H. The van der Waals surface area contributed by atoms with Crippen molar-refractivity contribution in [2.45, 2.75) is 0 Å². The lowest BCUT2D eigenvalue weighted by atomic mass is 9.96. The van der Waals surface area contributed by atoms with Gasteiger partial charge >= 0.3 is 0 Å². The molecule has 0 radical (unpaired) electrons. The fourth-order valence-corrected chi connectivity index (χ4v) is 4.14. The first-order valence-corrected chi connectivity index (χ1v) is 13.8. The van der Waals surface area contributed by atoms with E-state index in [-0.39, 0.29) is 0 Å². The number of hydrogen-bond acceptors (Lipinski definition) is 4. The van der Waals surface area contributed by atoms with E-state index in [0.717, 1.165) is 33.4 Å². The van der Waals surface area contributed by atoms with Crippen molar-refractivity contribution in [1.29, 1.82) is 0 Å². The number of hydrogen-bond donors (Lipinski definition) is 0. The molecule has 4 heteroatoms. The zero-order chi connectivity index (χ0) is 29.8. The molecule has 4 nitrogen and oxygen atoms in total. The Hall–Kier alpha value is -6.72. The van der Waals surface area contributed by atoms with Gasteiger partial charge in [0.2, 0.25) is 0 Å². The molecule has 0 aliphatic heterocycles. The van der Waals surface area contributed by atoms with Gasteiger partial charge in [-0.2, -0.15) is 0 Å². The van der Waals surface area contributed by atoms with E-state index in [9.17, 15) is 0 Å². The highest BCUT2D eigenvalue weighted by atomic mass is 14.7. The van der Waals surface area contributed by atoms with Gasteiger partial charge in [0, 0.05) is 47.0 Å². The molecule has 0 saturated carbocycles. The normalized spacial score (nSPS) is 9.55. The van der Waals surface area contributed by atoms with E-state index >= 15 is 0 Å². The summed E-state index contributed by atoms with van der Waals surface area (Å²) >= 11 is 0. The second-order valence-electron chi connectivity index (χ2n) is 9.38. The van der Waals surface area contributed by atoms with Gasteiger partial charge < -0.3 is 0 Å². The van der Waals surface area contributed by atoms with Crippen molar-refractivity contribution in [3.63, 3.8) is 0 Å². The van der Waals surface area contributed by atoms with Crippen LogP contribution in [-0.4, -0.2) is 19.9 Å². The SMILES string of the molecule is C(#Cc1ccc(-c2ccc(C#Cc3ccccn3)c(C#Cc3ccccn3)c2)cc1C#Cc1ccccn1)c1ccccn1. The Morgan fingerprint density at radius 3 is 0.909 bits per heavy atom. The minimum atomic E-state index is 0.685. The predicted molar refractivity (Wildman–Crippen MR) is 173 cm³/mol. The van der Waals surface area contributed by atoms with Crippen LogP contribution in [0, 0.1) is 47.4 Å². The van der Waals surface area contributed by atoms with Gasteiger partial charge in [0.05, 0.1) is 0 Å². The summed E-state index contributed by atoms with van der Waals surface area (Å²) in [5, 5.41) is 0. The van der Waals surface area contributed by atoms with Crippen LogP contribution in [0.25, 0.3) is 11.1 Å². The van der Waals surface area contributed by atoms with Crippen molar-refractivity contribution in [2.24, 2.45) is 0 Å². The predicted octanol–water partition coefficient (Wildman–Crippen LogP) is 6.53. The van der Waals surface area contributed by atoms with E-state index in [4.69, 9.17) is 0 Å². The molecule has 2 aromatic carbocycles. The Kier molecular flexibility index (Phi) is 8.59. The molecule has 0 atom stereocenters. The lowest BCUT2D eigenvalue weighted by Crippen LogP contribution is -1.91. The van der Waals surface area contributed by atoms with Crippen LogP contribution in [0.3, 0.4) is 0 Å². The summed E-state index contributed by atoms with van der Waals surface area (Å²) in [6, 6.07) is 34.8. The monoisotopic (exact) mass is 558 g/mol. The topological polar surface area (TPSA) is 51.6 Å². The molecule has 202 valence electrons. The first kappa shape index (κ1) is 27.4. The molecule has 6 aromatic rings. The zero-order valence-electron chi connectivity index (χ0n) is 23.5. The van der Waals surface area contributed by atoms with Gasteiger partial charge in [-0.1, -0.05) is 60.1 Å². The second kappa shape index (κ2) is 13.8. The average molecular weight is 559 g/mol. The quantitative estimate of drug-likeness (QED) is 0.215. The van der Waals surface area contributed by atoms with Crippen molar-refractivity contribution >= 4 is 0 Å². The third-order valence-corrected chi connectivity index (χ3v) is 6.33. The van der Waals surface area contributed by atoms with Gasteiger partial charge in [-0.15, -0.1) is 0 Å². The van der Waals surface area contributed by atoms with Crippen LogP contribution < -0.4 is 0 Å². The van der Waals surface area contributed by atoms with Crippen molar-refractivity contribution in [3.05, 3.63) is 179 Å². The third kappa shape index (κ3) is 7.32. The molecule has 0 saturated heterocycles. The van der Waals surface area contributed by atoms with Crippen LogP contribution in [0.1, 0.15) is 45.0 Å².